The molecule has 1 saturated heterocycles. The fourth-order valence-electron chi connectivity index (χ4n) is 3.36. The minimum absolute atomic E-state index is 0.0311. The maximum atomic E-state index is 12.2. The van der Waals surface area contributed by atoms with E-state index in [9.17, 15) is 13.2 Å². The SMILES string of the molecule is O=C(O)CCCS(=O)(=O)N1CCC2CCCCC2C1. The Balaban J connectivity index is 1.88. The number of carboxylic acids is 1. The zero-order valence-electron chi connectivity index (χ0n) is 11.3. The maximum Gasteiger partial charge on any atom is 0.303 e. The van der Waals surface area contributed by atoms with Gasteiger partial charge in [0.1, 0.15) is 0 Å². The van der Waals surface area contributed by atoms with Crippen LogP contribution >= 0.6 is 0 Å². The number of carbonyl (C=O) groups is 1. The van der Waals surface area contributed by atoms with E-state index in [0.29, 0.717) is 24.9 Å². The van der Waals surface area contributed by atoms with Crippen LogP contribution in [0.2, 0.25) is 0 Å². The molecule has 19 heavy (non-hydrogen) atoms. The molecule has 110 valence electrons. The molecule has 6 heteroatoms. The molecule has 0 bridgehead atoms. The van der Waals surface area contributed by atoms with Gasteiger partial charge >= 0.3 is 5.97 Å². The fourth-order valence-corrected chi connectivity index (χ4v) is 4.92. The molecule has 5 nitrogen and oxygen atoms in total. The summed E-state index contributed by atoms with van der Waals surface area (Å²) in [5.74, 6) is 0.272. The number of aliphatic carboxylic acids is 1. The molecule has 1 N–H and O–H groups in total. The van der Waals surface area contributed by atoms with Gasteiger partial charge in [-0.25, -0.2) is 12.7 Å². The molecule has 1 aliphatic carbocycles. The lowest BCUT2D eigenvalue weighted by molar-refractivity contribution is -0.137. The average molecular weight is 289 g/mol. The van der Waals surface area contributed by atoms with Crippen molar-refractivity contribution < 1.29 is 18.3 Å². The van der Waals surface area contributed by atoms with Crippen molar-refractivity contribution in [1.82, 2.24) is 4.31 Å². The topological polar surface area (TPSA) is 74.7 Å². The van der Waals surface area contributed by atoms with Crippen LogP contribution in [0.1, 0.15) is 44.9 Å². The van der Waals surface area contributed by atoms with Crippen molar-refractivity contribution >= 4 is 16.0 Å². The second kappa shape index (κ2) is 6.22. The van der Waals surface area contributed by atoms with Crippen LogP contribution in [0.4, 0.5) is 0 Å². The van der Waals surface area contributed by atoms with Gasteiger partial charge < -0.3 is 5.11 Å². The van der Waals surface area contributed by atoms with E-state index in [0.717, 1.165) is 12.8 Å². The smallest absolute Gasteiger partial charge is 0.303 e. The van der Waals surface area contributed by atoms with Crippen molar-refractivity contribution in [1.29, 1.82) is 0 Å². The van der Waals surface area contributed by atoms with Gasteiger partial charge in [0.15, 0.2) is 0 Å². The summed E-state index contributed by atoms with van der Waals surface area (Å²) < 4.78 is 25.9. The summed E-state index contributed by atoms with van der Waals surface area (Å²) in [6.45, 7) is 1.27. The molecule has 1 heterocycles. The van der Waals surface area contributed by atoms with E-state index in [1.165, 1.54) is 19.3 Å². The number of fused-ring (bicyclic) bond motifs is 1. The van der Waals surface area contributed by atoms with E-state index < -0.39 is 16.0 Å². The van der Waals surface area contributed by atoms with Crippen molar-refractivity contribution in [2.75, 3.05) is 18.8 Å². The molecule has 2 unspecified atom stereocenters. The highest BCUT2D eigenvalue weighted by Crippen LogP contribution is 2.36. The maximum absolute atomic E-state index is 12.2. The van der Waals surface area contributed by atoms with Gasteiger partial charge in [-0.1, -0.05) is 19.3 Å². The van der Waals surface area contributed by atoms with E-state index in [-0.39, 0.29) is 18.6 Å². The lowest BCUT2D eigenvalue weighted by atomic mass is 9.76. The Kier molecular flexibility index (Phi) is 4.84. The van der Waals surface area contributed by atoms with Crippen molar-refractivity contribution in [2.45, 2.75) is 44.9 Å². The number of hydrogen-bond acceptors (Lipinski definition) is 3. The standard InChI is InChI=1S/C13H23NO4S/c15-13(16)6-3-9-19(17,18)14-8-7-11-4-1-2-5-12(11)10-14/h11-12H,1-10H2,(H,15,16). The largest absolute Gasteiger partial charge is 0.481 e. The Labute approximate surface area is 115 Å². The zero-order valence-corrected chi connectivity index (χ0v) is 12.1. The molecule has 2 rings (SSSR count). The Hall–Kier alpha value is -0.620. The highest BCUT2D eigenvalue weighted by molar-refractivity contribution is 7.89. The van der Waals surface area contributed by atoms with Crippen LogP contribution in [0, 0.1) is 11.8 Å². The first kappa shape index (κ1) is 14.8. The summed E-state index contributed by atoms with van der Waals surface area (Å²) in [4.78, 5) is 10.4. The summed E-state index contributed by atoms with van der Waals surface area (Å²) >= 11 is 0. The fraction of sp³-hybridized carbons (Fsp3) is 0.923. The number of rotatable bonds is 5. The highest BCUT2D eigenvalue weighted by atomic mass is 32.2. The van der Waals surface area contributed by atoms with Gasteiger partial charge in [0.2, 0.25) is 10.0 Å². The quantitative estimate of drug-likeness (QED) is 0.836. The zero-order chi connectivity index (χ0) is 13.9. The molecular weight excluding hydrogens is 266 g/mol. The first-order valence-corrected chi connectivity index (χ1v) is 8.79. The van der Waals surface area contributed by atoms with Crippen molar-refractivity contribution in [2.24, 2.45) is 11.8 Å². The molecule has 0 aromatic rings. The first-order chi connectivity index (χ1) is 8.99. The van der Waals surface area contributed by atoms with Crippen LogP contribution < -0.4 is 0 Å². The third kappa shape index (κ3) is 3.92. The second-order valence-electron chi connectivity index (χ2n) is 5.76. The van der Waals surface area contributed by atoms with Crippen molar-refractivity contribution in [3.8, 4) is 0 Å². The molecule has 1 saturated carbocycles. The Bertz CT molecular complexity index is 420. The molecule has 0 aromatic carbocycles. The van der Waals surface area contributed by atoms with Crippen LogP contribution in [0.25, 0.3) is 0 Å². The van der Waals surface area contributed by atoms with E-state index in [1.807, 2.05) is 0 Å². The Morgan fingerprint density at radius 1 is 1.16 bits per heavy atom. The lowest BCUT2D eigenvalue weighted by Gasteiger charge is -2.40. The number of carboxylic acid groups (broad SMARTS) is 1. The summed E-state index contributed by atoms with van der Waals surface area (Å²) in [6.07, 6.45) is 6.01. The second-order valence-corrected chi connectivity index (χ2v) is 7.85. The van der Waals surface area contributed by atoms with E-state index >= 15 is 0 Å². The molecule has 0 amide bonds. The molecule has 0 radical (unpaired) electrons. The van der Waals surface area contributed by atoms with Crippen LogP contribution in [0.5, 0.6) is 0 Å². The number of piperidine rings is 1. The Morgan fingerprint density at radius 2 is 1.84 bits per heavy atom. The summed E-state index contributed by atoms with van der Waals surface area (Å²) in [7, 11) is -3.26. The van der Waals surface area contributed by atoms with Gasteiger partial charge in [-0.05, 0) is 31.1 Å². The monoisotopic (exact) mass is 289 g/mol. The predicted molar refractivity (Wildman–Crippen MR) is 72.3 cm³/mol. The highest BCUT2D eigenvalue weighted by Gasteiger charge is 2.35. The number of hydrogen-bond donors (Lipinski definition) is 1. The van der Waals surface area contributed by atoms with Gasteiger partial charge in [-0.3, -0.25) is 4.79 Å². The summed E-state index contributed by atoms with van der Waals surface area (Å²) in [6, 6.07) is 0. The van der Waals surface area contributed by atoms with Gasteiger partial charge in [-0.2, -0.15) is 0 Å². The van der Waals surface area contributed by atoms with Crippen LogP contribution in [-0.2, 0) is 14.8 Å². The third-order valence-electron chi connectivity index (χ3n) is 4.44. The minimum atomic E-state index is -3.26. The number of sulfonamides is 1. The molecule has 2 atom stereocenters. The molecule has 1 aliphatic heterocycles. The molecule has 2 aliphatic rings. The molecule has 0 spiro atoms. The molecular formula is C13H23NO4S. The van der Waals surface area contributed by atoms with E-state index in [4.69, 9.17) is 5.11 Å². The average Bonchev–Trinajstić information content (AvgIpc) is 2.37. The predicted octanol–water partition coefficient (Wildman–Crippen LogP) is 1.69. The summed E-state index contributed by atoms with van der Waals surface area (Å²) in [5.41, 5.74) is 0. The van der Waals surface area contributed by atoms with Gasteiger partial charge in [0, 0.05) is 19.5 Å². The van der Waals surface area contributed by atoms with Crippen molar-refractivity contribution in [3.05, 3.63) is 0 Å². The van der Waals surface area contributed by atoms with Crippen LogP contribution in [0.15, 0.2) is 0 Å². The minimum Gasteiger partial charge on any atom is -0.481 e. The van der Waals surface area contributed by atoms with Gasteiger partial charge in [-0.15, -0.1) is 0 Å². The first-order valence-electron chi connectivity index (χ1n) is 7.18. The molecule has 2 fully saturated rings. The van der Waals surface area contributed by atoms with E-state index in [2.05, 4.69) is 0 Å². The van der Waals surface area contributed by atoms with Gasteiger partial charge in [0.05, 0.1) is 5.75 Å². The van der Waals surface area contributed by atoms with Gasteiger partial charge in [0.25, 0.3) is 0 Å². The normalized spacial score (nSPS) is 28.8. The molecule has 0 aromatic heterocycles. The van der Waals surface area contributed by atoms with Crippen LogP contribution in [-0.4, -0.2) is 42.6 Å². The summed E-state index contributed by atoms with van der Waals surface area (Å²) in [5, 5.41) is 8.57. The number of nitrogens with zero attached hydrogens (tertiary/aromatic N) is 1. The Morgan fingerprint density at radius 3 is 2.53 bits per heavy atom. The lowest BCUT2D eigenvalue weighted by Crippen LogP contribution is -2.45. The van der Waals surface area contributed by atoms with E-state index in [1.54, 1.807) is 4.31 Å². The van der Waals surface area contributed by atoms with Crippen molar-refractivity contribution in [3.63, 3.8) is 0 Å². The third-order valence-corrected chi connectivity index (χ3v) is 6.36. The van der Waals surface area contributed by atoms with Crippen LogP contribution in [0.3, 0.4) is 0 Å².